The van der Waals surface area contributed by atoms with Crippen LogP contribution in [0.3, 0.4) is 0 Å². The summed E-state index contributed by atoms with van der Waals surface area (Å²) in [5, 5.41) is 0. The summed E-state index contributed by atoms with van der Waals surface area (Å²) in [5.41, 5.74) is 11.3. The van der Waals surface area contributed by atoms with Crippen LogP contribution in [0.15, 0.2) is 0 Å². The van der Waals surface area contributed by atoms with E-state index in [4.69, 9.17) is 11.5 Å². The molecule has 0 aromatic carbocycles. The fourth-order valence-corrected chi connectivity index (χ4v) is 2.27. The maximum Gasteiger partial charge on any atom is 0.00388 e. The van der Waals surface area contributed by atoms with Crippen LogP contribution in [0.5, 0.6) is 0 Å². The fraction of sp³-hybridized carbons (Fsp3) is 1.00. The SMILES string of the molecule is CC.CC.NC1CCCCC1.NC1CCCCC1.O.[HH]. The molecule has 3 nitrogen and oxygen atoms in total. The van der Waals surface area contributed by atoms with Gasteiger partial charge in [-0.3, -0.25) is 0 Å². The minimum atomic E-state index is 0. The van der Waals surface area contributed by atoms with Crippen LogP contribution in [0.1, 0.15) is 93.3 Å². The Kier molecular flexibility index (Phi) is 25.5. The Morgan fingerprint density at radius 3 is 0.895 bits per heavy atom. The zero-order valence-electron chi connectivity index (χ0n) is 13.9. The topological polar surface area (TPSA) is 83.5 Å². The van der Waals surface area contributed by atoms with Gasteiger partial charge >= 0.3 is 0 Å². The number of hydrogen-bond acceptors (Lipinski definition) is 2. The molecule has 0 aromatic rings. The predicted octanol–water partition coefficient (Wildman–Crippen LogP) is 4.03. The van der Waals surface area contributed by atoms with Crippen molar-refractivity contribution in [2.45, 2.75) is 104 Å². The highest BCUT2D eigenvalue weighted by molar-refractivity contribution is 4.66. The summed E-state index contributed by atoms with van der Waals surface area (Å²) in [6.45, 7) is 8.00. The Balaban J connectivity index is -0.0000000950. The van der Waals surface area contributed by atoms with Crippen molar-refractivity contribution in [1.82, 2.24) is 0 Å². The van der Waals surface area contributed by atoms with E-state index < -0.39 is 0 Å². The Bertz CT molecular complexity index is 120. The molecule has 0 aliphatic heterocycles. The lowest BCUT2D eigenvalue weighted by Gasteiger charge is -2.15. The van der Waals surface area contributed by atoms with E-state index in [1.54, 1.807) is 0 Å². The molecule has 3 heteroatoms. The van der Waals surface area contributed by atoms with Gasteiger partial charge in [-0.1, -0.05) is 66.2 Å². The summed E-state index contributed by atoms with van der Waals surface area (Å²) in [4.78, 5) is 0. The quantitative estimate of drug-likeness (QED) is 0.701. The van der Waals surface area contributed by atoms with Crippen molar-refractivity contribution < 1.29 is 6.90 Å². The van der Waals surface area contributed by atoms with Crippen LogP contribution in [0.25, 0.3) is 0 Å². The average molecular weight is 279 g/mol. The first-order valence-corrected chi connectivity index (χ1v) is 8.30. The normalized spacial score (nSPS) is 19.3. The highest BCUT2D eigenvalue weighted by Crippen LogP contribution is 2.15. The van der Waals surface area contributed by atoms with Crippen molar-refractivity contribution in [3.05, 3.63) is 0 Å². The second kappa shape index (κ2) is 20.2. The molecule has 0 aromatic heterocycles. The van der Waals surface area contributed by atoms with Crippen LogP contribution in [0.4, 0.5) is 0 Å². The molecule has 0 bridgehead atoms. The first kappa shape index (κ1) is 23.9. The second-order valence-electron chi connectivity index (χ2n) is 4.80. The monoisotopic (exact) mass is 278 g/mol. The summed E-state index contributed by atoms with van der Waals surface area (Å²) >= 11 is 0. The molecule has 0 amide bonds. The smallest absolute Gasteiger partial charge is 0.00388 e. The minimum absolute atomic E-state index is 0. The standard InChI is InChI=1S/2C6H13N.2C2H6.H2O.H2/c2*7-6-4-2-1-3-5-6;2*1-2;;/h2*6H,1-5,7H2;2*1-2H3;1H2;1H. The van der Waals surface area contributed by atoms with E-state index in [0.717, 1.165) is 0 Å². The molecule has 2 rings (SSSR count). The Morgan fingerprint density at radius 1 is 0.579 bits per heavy atom. The lowest BCUT2D eigenvalue weighted by Crippen LogP contribution is -2.22. The Labute approximate surface area is 123 Å². The van der Waals surface area contributed by atoms with Crippen LogP contribution in [-0.4, -0.2) is 17.6 Å². The summed E-state index contributed by atoms with van der Waals surface area (Å²) < 4.78 is 0. The van der Waals surface area contributed by atoms with Gasteiger partial charge in [0.05, 0.1) is 0 Å². The molecule has 0 atom stereocenters. The van der Waals surface area contributed by atoms with Gasteiger partial charge in [0.25, 0.3) is 0 Å². The average Bonchev–Trinajstić information content (AvgIpc) is 2.46. The van der Waals surface area contributed by atoms with Crippen LogP contribution in [0, 0.1) is 0 Å². The summed E-state index contributed by atoms with van der Waals surface area (Å²) in [7, 11) is 0. The molecule has 2 aliphatic rings. The molecule has 2 saturated carbocycles. The molecule has 2 aliphatic carbocycles. The molecule has 0 heterocycles. The lowest BCUT2D eigenvalue weighted by atomic mass is 9.97. The Hall–Kier alpha value is -0.120. The molecular weight excluding hydrogens is 236 g/mol. The van der Waals surface area contributed by atoms with Gasteiger partial charge in [0.15, 0.2) is 0 Å². The van der Waals surface area contributed by atoms with Gasteiger partial charge in [0.2, 0.25) is 0 Å². The van der Waals surface area contributed by atoms with Gasteiger partial charge in [-0.05, 0) is 25.7 Å². The Morgan fingerprint density at radius 2 is 0.789 bits per heavy atom. The van der Waals surface area contributed by atoms with Crippen molar-refractivity contribution >= 4 is 0 Å². The van der Waals surface area contributed by atoms with E-state index >= 15 is 0 Å². The zero-order chi connectivity index (χ0) is 14.2. The number of rotatable bonds is 0. The lowest BCUT2D eigenvalue weighted by molar-refractivity contribution is 0.441. The van der Waals surface area contributed by atoms with E-state index in [1.807, 2.05) is 27.7 Å². The largest absolute Gasteiger partial charge is 0.412 e. The second-order valence-corrected chi connectivity index (χ2v) is 4.80. The third-order valence-electron chi connectivity index (χ3n) is 3.30. The molecule has 19 heavy (non-hydrogen) atoms. The minimum Gasteiger partial charge on any atom is -0.412 e. The maximum absolute atomic E-state index is 5.63. The van der Waals surface area contributed by atoms with Crippen molar-refractivity contribution in [2.75, 3.05) is 0 Å². The van der Waals surface area contributed by atoms with Gasteiger partial charge in [0, 0.05) is 13.5 Å². The van der Waals surface area contributed by atoms with E-state index in [9.17, 15) is 0 Å². The third-order valence-corrected chi connectivity index (χ3v) is 3.30. The van der Waals surface area contributed by atoms with Crippen LogP contribution in [-0.2, 0) is 0 Å². The first-order valence-electron chi connectivity index (χ1n) is 8.30. The third kappa shape index (κ3) is 17.9. The van der Waals surface area contributed by atoms with Crippen LogP contribution < -0.4 is 11.5 Å². The van der Waals surface area contributed by atoms with E-state index in [-0.39, 0.29) is 6.90 Å². The van der Waals surface area contributed by atoms with Gasteiger partial charge in [-0.15, -0.1) is 0 Å². The summed E-state index contributed by atoms with van der Waals surface area (Å²) in [6.07, 6.45) is 13.3. The summed E-state index contributed by atoms with van der Waals surface area (Å²) in [6, 6.07) is 1.07. The summed E-state index contributed by atoms with van der Waals surface area (Å²) in [5.74, 6) is 0. The highest BCUT2D eigenvalue weighted by atomic mass is 16.0. The number of nitrogens with two attached hydrogens (primary N) is 2. The zero-order valence-corrected chi connectivity index (χ0v) is 13.9. The molecular formula is C16H42N2O. The highest BCUT2D eigenvalue weighted by Gasteiger charge is 2.06. The number of hydrogen-bond donors (Lipinski definition) is 2. The molecule has 2 fully saturated rings. The maximum atomic E-state index is 5.63. The molecule has 122 valence electrons. The molecule has 0 unspecified atom stereocenters. The van der Waals surface area contributed by atoms with Gasteiger partial charge < -0.3 is 16.9 Å². The van der Waals surface area contributed by atoms with Crippen molar-refractivity contribution in [1.29, 1.82) is 0 Å². The molecule has 0 saturated heterocycles. The molecule has 6 N–H and O–H groups in total. The van der Waals surface area contributed by atoms with E-state index in [0.29, 0.717) is 12.1 Å². The van der Waals surface area contributed by atoms with Crippen LogP contribution in [0.2, 0.25) is 0 Å². The van der Waals surface area contributed by atoms with Crippen molar-refractivity contribution in [3.63, 3.8) is 0 Å². The van der Waals surface area contributed by atoms with E-state index in [1.165, 1.54) is 64.2 Å². The van der Waals surface area contributed by atoms with Crippen LogP contribution >= 0.6 is 0 Å². The predicted molar refractivity (Wildman–Crippen MR) is 90.5 cm³/mol. The van der Waals surface area contributed by atoms with Crippen molar-refractivity contribution in [2.24, 2.45) is 11.5 Å². The molecule has 0 radical (unpaired) electrons. The van der Waals surface area contributed by atoms with Gasteiger partial charge in [-0.2, -0.15) is 0 Å². The van der Waals surface area contributed by atoms with Gasteiger partial charge in [0.1, 0.15) is 0 Å². The van der Waals surface area contributed by atoms with E-state index in [2.05, 4.69) is 0 Å². The fourth-order valence-electron chi connectivity index (χ4n) is 2.27. The molecule has 0 spiro atoms. The van der Waals surface area contributed by atoms with Gasteiger partial charge in [-0.25, -0.2) is 0 Å². The van der Waals surface area contributed by atoms with Crippen molar-refractivity contribution in [3.8, 4) is 0 Å². The first-order chi connectivity index (χ1) is 8.79.